The van der Waals surface area contributed by atoms with Crippen molar-refractivity contribution in [3.8, 4) is 0 Å². The maximum absolute atomic E-state index is 12.1. The van der Waals surface area contributed by atoms with Crippen LogP contribution in [0.1, 0.15) is 33.1 Å². The van der Waals surface area contributed by atoms with Gasteiger partial charge in [0.1, 0.15) is 6.04 Å². The molecule has 1 heterocycles. The molecule has 3 amide bonds. The smallest absolute Gasteiger partial charge is 0.326 e. The van der Waals surface area contributed by atoms with E-state index in [0.717, 1.165) is 0 Å². The first-order chi connectivity index (χ1) is 9.31. The van der Waals surface area contributed by atoms with E-state index in [1.54, 1.807) is 0 Å². The second kappa shape index (κ2) is 7.12. The minimum Gasteiger partial charge on any atom is -0.480 e. The number of likely N-dealkylation sites (tertiary alicyclic amines) is 1. The van der Waals surface area contributed by atoms with Crippen molar-refractivity contribution in [2.24, 2.45) is 17.6 Å². The van der Waals surface area contributed by atoms with Crippen LogP contribution in [0.5, 0.6) is 0 Å². The first kappa shape index (κ1) is 16.3. The lowest BCUT2D eigenvalue weighted by molar-refractivity contribution is -0.143. The number of amides is 3. The van der Waals surface area contributed by atoms with E-state index < -0.39 is 18.0 Å². The third-order valence-corrected chi connectivity index (χ3v) is 3.43. The van der Waals surface area contributed by atoms with Gasteiger partial charge in [-0.1, -0.05) is 13.8 Å². The average molecular weight is 285 g/mol. The number of nitrogens with one attached hydrogen (secondary N) is 1. The highest BCUT2D eigenvalue weighted by Gasteiger charge is 2.30. The highest BCUT2D eigenvalue weighted by Crippen LogP contribution is 2.17. The summed E-state index contributed by atoms with van der Waals surface area (Å²) in [6, 6.07) is -1.43. The number of hydrogen-bond acceptors (Lipinski definition) is 3. The first-order valence-corrected chi connectivity index (χ1v) is 6.88. The van der Waals surface area contributed by atoms with Crippen LogP contribution in [0.3, 0.4) is 0 Å². The predicted molar refractivity (Wildman–Crippen MR) is 72.9 cm³/mol. The second-order valence-corrected chi connectivity index (χ2v) is 5.65. The summed E-state index contributed by atoms with van der Waals surface area (Å²) in [5.41, 5.74) is 5.21. The zero-order chi connectivity index (χ0) is 15.3. The third kappa shape index (κ3) is 4.71. The van der Waals surface area contributed by atoms with Crippen LogP contribution in [0.4, 0.5) is 4.79 Å². The molecular formula is C13H23N3O4. The normalized spacial score (nSPS) is 20.6. The maximum Gasteiger partial charge on any atom is 0.326 e. The standard InChI is InChI=1S/C13H23N3O4/c1-8(2)6-10(12(18)19)15-11(17)9-4-3-5-16(7-9)13(14)20/h8-10H,3-7H2,1-2H3,(H2,14,20)(H,15,17)(H,18,19). The van der Waals surface area contributed by atoms with E-state index in [1.807, 2.05) is 13.8 Å². The van der Waals surface area contributed by atoms with Gasteiger partial charge in [0, 0.05) is 13.1 Å². The predicted octanol–water partition coefficient (Wildman–Crippen LogP) is 0.393. The van der Waals surface area contributed by atoms with E-state index in [4.69, 9.17) is 10.8 Å². The van der Waals surface area contributed by atoms with Crippen LogP contribution in [0.25, 0.3) is 0 Å². The summed E-state index contributed by atoms with van der Waals surface area (Å²) < 4.78 is 0. The molecule has 1 aliphatic heterocycles. The monoisotopic (exact) mass is 285 g/mol. The molecule has 0 saturated carbocycles. The van der Waals surface area contributed by atoms with Crippen molar-refractivity contribution in [3.63, 3.8) is 0 Å². The molecule has 0 bridgehead atoms. The van der Waals surface area contributed by atoms with Crippen molar-refractivity contribution >= 4 is 17.9 Å². The van der Waals surface area contributed by atoms with Gasteiger partial charge in [-0.25, -0.2) is 9.59 Å². The quantitative estimate of drug-likeness (QED) is 0.678. The number of carboxylic acid groups (broad SMARTS) is 1. The van der Waals surface area contributed by atoms with Crippen molar-refractivity contribution in [1.29, 1.82) is 0 Å². The average Bonchev–Trinajstić information content (AvgIpc) is 2.37. The molecule has 7 nitrogen and oxygen atoms in total. The number of aliphatic carboxylic acids is 1. The van der Waals surface area contributed by atoms with Crippen molar-refractivity contribution in [2.45, 2.75) is 39.2 Å². The molecule has 0 radical (unpaired) electrons. The first-order valence-electron chi connectivity index (χ1n) is 6.88. The number of rotatable bonds is 5. The lowest BCUT2D eigenvalue weighted by atomic mass is 9.96. The van der Waals surface area contributed by atoms with E-state index in [9.17, 15) is 14.4 Å². The summed E-state index contributed by atoms with van der Waals surface area (Å²) in [7, 11) is 0. The Morgan fingerprint density at radius 1 is 1.40 bits per heavy atom. The summed E-state index contributed by atoms with van der Waals surface area (Å²) in [6.45, 7) is 4.61. The fraction of sp³-hybridized carbons (Fsp3) is 0.769. The van der Waals surface area contributed by atoms with Crippen molar-refractivity contribution in [1.82, 2.24) is 10.2 Å². The Kier molecular flexibility index (Phi) is 5.79. The van der Waals surface area contributed by atoms with Gasteiger partial charge in [-0.15, -0.1) is 0 Å². The summed E-state index contributed by atoms with van der Waals surface area (Å²) >= 11 is 0. The summed E-state index contributed by atoms with van der Waals surface area (Å²) in [6.07, 6.45) is 1.72. The Morgan fingerprint density at radius 2 is 2.05 bits per heavy atom. The molecule has 114 valence electrons. The Hall–Kier alpha value is -1.79. The molecule has 0 aromatic heterocycles. The van der Waals surface area contributed by atoms with Gasteiger partial charge in [-0.2, -0.15) is 0 Å². The molecule has 0 spiro atoms. The minimum absolute atomic E-state index is 0.171. The molecule has 0 aliphatic carbocycles. The number of carbonyl (C=O) groups is 3. The molecule has 2 atom stereocenters. The number of carboxylic acids is 1. The van der Waals surface area contributed by atoms with Crippen LogP contribution in [-0.2, 0) is 9.59 Å². The lowest BCUT2D eigenvalue weighted by Crippen LogP contribution is -2.50. The SMILES string of the molecule is CC(C)CC(NC(=O)C1CCCN(C(N)=O)C1)C(=O)O. The van der Waals surface area contributed by atoms with E-state index in [1.165, 1.54) is 4.90 Å². The van der Waals surface area contributed by atoms with Gasteiger partial charge >= 0.3 is 12.0 Å². The molecule has 1 fully saturated rings. The highest BCUT2D eigenvalue weighted by molar-refractivity contribution is 5.85. The van der Waals surface area contributed by atoms with Gasteiger partial charge in [0.05, 0.1) is 5.92 Å². The van der Waals surface area contributed by atoms with Crippen LogP contribution in [0.2, 0.25) is 0 Å². The number of nitrogens with zero attached hydrogens (tertiary/aromatic N) is 1. The molecule has 2 unspecified atom stereocenters. The Morgan fingerprint density at radius 3 is 2.55 bits per heavy atom. The van der Waals surface area contributed by atoms with Crippen LogP contribution in [0, 0.1) is 11.8 Å². The molecule has 1 rings (SSSR count). The van der Waals surface area contributed by atoms with E-state index in [0.29, 0.717) is 25.8 Å². The zero-order valence-electron chi connectivity index (χ0n) is 12.0. The largest absolute Gasteiger partial charge is 0.480 e. The molecule has 20 heavy (non-hydrogen) atoms. The second-order valence-electron chi connectivity index (χ2n) is 5.65. The number of hydrogen-bond donors (Lipinski definition) is 3. The third-order valence-electron chi connectivity index (χ3n) is 3.43. The molecule has 1 aliphatic rings. The van der Waals surface area contributed by atoms with Gasteiger partial charge in [0.25, 0.3) is 0 Å². The minimum atomic E-state index is -1.03. The van der Waals surface area contributed by atoms with Crippen molar-refractivity contribution in [3.05, 3.63) is 0 Å². The van der Waals surface area contributed by atoms with Crippen molar-refractivity contribution in [2.75, 3.05) is 13.1 Å². The van der Waals surface area contributed by atoms with Gasteiger partial charge in [0.2, 0.25) is 5.91 Å². The van der Waals surface area contributed by atoms with Gasteiger partial charge < -0.3 is 21.1 Å². The number of nitrogens with two attached hydrogens (primary N) is 1. The van der Waals surface area contributed by atoms with Gasteiger partial charge in [-0.3, -0.25) is 4.79 Å². The molecule has 0 aromatic rings. The van der Waals surface area contributed by atoms with Gasteiger partial charge in [0.15, 0.2) is 0 Å². The number of urea groups is 1. The number of piperidine rings is 1. The van der Waals surface area contributed by atoms with Crippen LogP contribution in [0.15, 0.2) is 0 Å². The van der Waals surface area contributed by atoms with Crippen molar-refractivity contribution < 1.29 is 19.5 Å². The van der Waals surface area contributed by atoms with E-state index >= 15 is 0 Å². The molecule has 4 N–H and O–H groups in total. The van der Waals surface area contributed by atoms with Crippen LogP contribution in [-0.4, -0.2) is 47.0 Å². The highest BCUT2D eigenvalue weighted by atomic mass is 16.4. The lowest BCUT2D eigenvalue weighted by Gasteiger charge is -2.31. The topological polar surface area (TPSA) is 113 Å². The molecular weight excluding hydrogens is 262 g/mol. The van der Waals surface area contributed by atoms with E-state index in [-0.39, 0.29) is 24.3 Å². The zero-order valence-corrected chi connectivity index (χ0v) is 12.0. The number of carbonyl (C=O) groups excluding carboxylic acids is 2. The molecule has 0 aromatic carbocycles. The fourth-order valence-electron chi connectivity index (χ4n) is 2.37. The van der Waals surface area contributed by atoms with E-state index in [2.05, 4.69) is 5.32 Å². The Bertz CT molecular complexity index is 384. The van der Waals surface area contributed by atoms with Crippen LogP contribution < -0.4 is 11.1 Å². The summed E-state index contributed by atoms with van der Waals surface area (Å²) in [5, 5.41) is 11.7. The number of primary amides is 1. The summed E-state index contributed by atoms with van der Waals surface area (Å²) in [4.78, 5) is 35.8. The Balaban J connectivity index is 2.59. The maximum atomic E-state index is 12.1. The van der Waals surface area contributed by atoms with Gasteiger partial charge in [-0.05, 0) is 25.2 Å². The fourth-order valence-corrected chi connectivity index (χ4v) is 2.37. The summed E-state index contributed by atoms with van der Waals surface area (Å²) in [5.74, 6) is -1.56. The molecule has 1 saturated heterocycles. The molecule has 7 heteroatoms. The van der Waals surface area contributed by atoms with Crippen LogP contribution >= 0.6 is 0 Å². The Labute approximate surface area is 118 Å².